The normalized spacial score (nSPS) is 40.8. The smallest absolute Gasteiger partial charge is 0.331 e. The van der Waals surface area contributed by atoms with E-state index in [-0.39, 0.29) is 31.4 Å². The second-order valence-electron chi connectivity index (χ2n) is 19.9. The molecule has 17 nitrogen and oxygen atoms in total. The Morgan fingerprint density at radius 1 is 0.940 bits per heavy atom. The van der Waals surface area contributed by atoms with Crippen LogP contribution in [0.5, 0.6) is 0 Å². The molecule has 0 radical (unpaired) electrons. The zero-order valence-corrected chi connectivity index (χ0v) is 41.8. The molecule has 0 unspecified atom stereocenters. The predicted molar refractivity (Wildman–Crippen MR) is 249 cm³/mol. The predicted octanol–water partition coefficient (Wildman–Crippen LogP) is 4.55. The van der Waals surface area contributed by atoms with Gasteiger partial charge in [-0.25, -0.2) is 4.79 Å². The number of nitrogens with one attached hydrogen (secondary N) is 1. The van der Waals surface area contributed by atoms with Gasteiger partial charge in [-0.3, -0.25) is 14.6 Å². The van der Waals surface area contributed by atoms with Crippen molar-refractivity contribution in [2.45, 2.75) is 185 Å². The van der Waals surface area contributed by atoms with Gasteiger partial charge in [0.2, 0.25) is 5.91 Å². The van der Waals surface area contributed by atoms with Crippen LogP contribution in [0.3, 0.4) is 0 Å². The van der Waals surface area contributed by atoms with Gasteiger partial charge >= 0.3 is 11.9 Å². The number of aromatic nitrogens is 1. The number of esters is 2. The van der Waals surface area contributed by atoms with Crippen LogP contribution >= 0.6 is 0 Å². The number of para-hydroxylation sites is 1. The molecule has 3 saturated heterocycles. The van der Waals surface area contributed by atoms with Crippen LogP contribution in [0.1, 0.15) is 100 Å². The molecule has 4 heterocycles. The van der Waals surface area contributed by atoms with E-state index in [0.717, 1.165) is 10.9 Å². The summed E-state index contributed by atoms with van der Waals surface area (Å²) in [5.74, 6) is -4.90. The van der Waals surface area contributed by atoms with Crippen molar-refractivity contribution in [1.82, 2.24) is 15.2 Å². The lowest BCUT2D eigenvalue weighted by molar-refractivity contribution is -0.319. The van der Waals surface area contributed by atoms with Gasteiger partial charge < -0.3 is 63.4 Å². The third-order valence-electron chi connectivity index (χ3n) is 14.4. The molecule has 1 aromatic carbocycles. The SMILES string of the molecule is CC[C@H]1OC(=O)[C@H](C)[C@H](O[C@H]2C[C@@](C)(OC)[C@@H](OC(=O)/C=C/c3cnc4ccccc4c3)[C@H](C)O2)[C@H](C)[C@@H](O[C@@H]2O[C@H](C)C[C@H](N(C)C)[C@H]2O)[C@@](C)(OC)C[C@@H](C)NC(=O)[C@H](C)[C@@H](O)[C@]1(C)O. The molecule has 3 aliphatic rings. The van der Waals surface area contributed by atoms with Crippen molar-refractivity contribution in [2.75, 3.05) is 28.3 Å². The number of carbonyl (C=O) groups excluding carboxylic acids is 3. The number of cyclic esters (lactones) is 1. The number of methoxy groups -OCH3 is 2. The first-order valence-corrected chi connectivity index (χ1v) is 23.6. The average molecular weight is 944 g/mol. The summed E-state index contributed by atoms with van der Waals surface area (Å²) in [4.78, 5) is 48.0. The number of ether oxygens (including phenoxy) is 8. The van der Waals surface area contributed by atoms with Gasteiger partial charge in [0.15, 0.2) is 18.7 Å². The molecular weight excluding hydrogens is 867 g/mol. The number of nitrogens with zero attached hydrogens (tertiary/aromatic N) is 2. The molecule has 4 N–H and O–H groups in total. The Bertz CT molecular complexity index is 2020. The van der Waals surface area contributed by atoms with Crippen LogP contribution in [0, 0.1) is 17.8 Å². The van der Waals surface area contributed by atoms with E-state index >= 15 is 0 Å². The standard InChI is InChI=1S/C50H77N3O14/c1-15-37-50(10,59)42(56)31(6)45(57)52-27(2)24-48(8,60-13)43(67-47-40(55)36(53(11)12)22-28(3)62-47)29(4)41(30(5)46(58)64-37)66-39-25-49(9,61-14)44(32(7)63-39)65-38(54)21-20-33-23-34-18-16-17-19-35(34)51-26-33/h16-21,23,26-32,36-37,39-44,47,55-56,59H,15,22,24-25H2,1-14H3,(H,52,57)/b21-20+/t27-,28-,29+,30-,31-,32+,36+,37-,39+,40-,41-,42-,43-,44+,47+,48+,49-,50-/m1/s1. The summed E-state index contributed by atoms with van der Waals surface area (Å²) in [5.41, 5.74) is -2.90. The summed E-state index contributed by atoms with van der Waals surface area (Å²) in [6.45, 7) is 17.1. The molecule has 1 aromatic heterocycles. The van der Waals surface area contributed by atoms with E-state index in [1.54, 1.807) is 46.9 Å². The topological polar surface area (TPSA) is 214 Å². The zero-order valence-electron chi connectivity index (χ0n) is 41.8. The van der Waals surface area contributed by atoms with Crippen LogP contribution in [0.25, 0.3) is 17.0 Å². The Balaban J connectivity index is 1.52. The minimum Gasteiger partial charge on any atom is -0.459 e. The van der Waals surface area contributed by atoms with Gasteiger partial charge in [-0.1, -0.05) is 39.0 Å². The van der Waals surface area contributed by atoms with Crippen molar-refractivity contribution in [3.05, 3.63) is 48.2 Å². The monoisotopic (exact) mass is 944 g/mol. The van der Waals surface area contributed by atoms with Crippen LogP contribution in [-0.4, -0.2) is 162 Å². The summed E-state index contributed by atoms with van der Waals surface area (Å²) in [7, 11) is 6.78. The van der Waals surface area contributed by atoms with E-state index < -0.39 is 114 Å². The van der Waals surface area contributed by atoms with Gasteiger partial charge in [0.1, 0.15) is 23.4 Å². The van der Waals surface area contributed by atoms with Gasteiger partial charge in [0, 0.05) is 56.3 Å². The number of rotatable bonds is 11. The highest BCUT2D eigenvalue weighted by Crippen LogP contribution is 2.41. The molecule has 376 valence electrons. The third kappa shape index (κ3) is 12.4. The van der Waals surface area contributed by atoms with Gasteiger partial charge in [-0.2, -0.15) is 0 Å². The molecule has 5 rings (SSSR count). The lowest BCUT2D eigenvalue weighted by atomic mass is 9.78. The minimum absolute atomic E-state index is 0.0497. The van der Waals surface area contributed by atoms with Crippen molar-refractivity contribution in [3.8, 4) is 0 Å². The number of fused-ring (bicyclic) bond motifs is 1. The van der Waals surface area contributed by atoms with E-state index in [2.05, 4.69) is 10.3 Å². The molecule has 3 fully saturated rings. The summed E-state index contributed by atoms with van der Waals surface area (Å²) in [6.07, 6.45) is -4.71. The number of aliphatic hydroxyl groups is 3. The number of pyridine rings is 1. The molecule has 0 aliphatic carbocycles. The summed E-state index contributed by atoms with van der Waals surface area (Å²) < 4.78 is 51.2. The molecule has 67 heavy (non-hydrogen) atoms. The van der Waals surface area contributed by atoms with Crippen molar-refractivity contribution in [2.24, 2.45) is 17.8 Å². The number of benzene rings is 1. The first-order valence-electron chi connectivity index (χ1n) is 23.6. The lowest BCUT2D eigenvalue weighted by Crippen LogP contribution is -2.61. The van der Waals surface area contributed by atoms with Gasteiger partial charge in [-0.05, 0) is 106 Å². The Morgan fingerprint density at radius 3 is 2.24 bits per heavy atom. The maximum atomic E-state index is 14.6. The van der Waals surface area contributed by atoms with E-state index in [1.165, 1.54) is 34.1 Å². The average Bonchev–Trinajstić information content (AvgIpc) is 3.28. The largest absolute Gasteiger partial charge is 0.459 e. The number of hydrogen-bond donors (Lipinski definition) is 4. The lowest BCUT2D eigenvalue weighted by Gasteiger charge is -2.49. The highest BCUT2D eigenvalue weighted by Gasteiger charge is 2.54. The van der Waals surface area contributed by atoms with Crippen LogP contribution in [0.15, 0.2) is 42.6 Å². The van der Waals surface area contributed by atoms with Crippen molar-refractivity contribution < 1.29 is 67.6 Å². The Kier molecular flexibility index (Phi) is 18.2. The highest BCUT2D eigenvalue weighted by molar-refractivity contribution is 5.88. The Morgan fingerprint density at radius 2 is 1.60 bits per heavy atom. The molecule has 3 aliphatic heterocycles. The molecule has 2 aromatic rings. The van der Waals surface area contributed by atoms with Crippen molar-refractivity contribution in [1.29, 1.82) is 0 Å². The Labute approximate surface area is 396 Å². The zero-order chi connectivity index (χ0) is 49.8. The number of aliphatic hydroxyl groups excluding tert-OH is 2. The fraction of sp³-hybridized carbons (Fsp3) is 0.720. The summed E-state index contributed by atoms with van der Waals surface area (Å²) in [6, 6.07) is 8.70. The number of hydrogen-bond acceptors (Lipinski definition) is 16. The minimum atomic E-state index is -2.04. The fourth-order valence-electron chi connectivity index (χ4n) is 10.2. The molecule has 18 atom stereocenters. The highest BCUT2D eigenvalue weighted by atomic mass is 16.7. The summed E-state index contributed by atoms with van der Waals surface area (Å²) >= 11 is 0. The van der Waals surface area contributed by atoms with Gasteiger partial charge in [0.05, 0.1) is 53.5 Å². The second kappa shape index (κ2) is 22.4. The van der Waals surface area contributed by atoms with Gasteiger partial charge in [-0.15, -0.1) is 0 Å². The first-order chi connectivity index (χ1) is 31.4. The van der Waals surface area contributed by atoms with E-state index in [4.69, 9.17) is 37.9 Å². The van der Waals surface area contributed by atoms with Gasteiger partial charge in [0.25, 0.3) is 0 Å². The molecule has 0 saturated carbocycles. The fourth-order valence-corrected chi connectivity index (χ4v) is 10.2. The molecule has 1 amide bonds. The number of carbonyl (C=O) groups is 3. The third-order valence-corrected chi connectivity index (χ3v) is 14.4. The van der Waals surface area contributed by atoms with E-state index in [9.17, 15) is 29.7 Å². The molecule has 0 spiro atoms. The number of likely N-dealkylation sites (N-methyl/N-ethyl adjacent to an activating group) is 1. The molecule has 17 heteroatoms. The first kappa shape index (κ1) is 54.3. The maximum absolute atomic E-state index is 14.6. The van der Waals surface area contributed by atoms with Crippen LogP contribution in [0.2, 0.25) is 0 Å². The number of amides is 1. The second-order valence-corrected chi connectivity index (χ2v) is 19.9. The van der Waals surface area contributed by atoms with Crippen LogP contribution in [0.4, 0.5) is 0 Å². The quantitative estimate of drug-likeness (QED) is 0.180. The van der Waals surface area contributed by atoms with E-state index in [1.807, 2.05) is 70.1 Å². The molecular formula is C50H77N3O14. The van der Waals surface area contributed by atoms with Crippen LogP contribution in [-0.2, 0) is 52.3 Å². The van der Waals surface area contributed by atoms with Crippen molar-refractivity contribution >= 4 is 34.8 Å². The van der Waals surface area contributed by atoms with E-state index in [0.29, 0.717) is 12.0 Å². The maximum Gasteiger partial charge on any atom is 0.331 e. The van der Waals surface area contributed by atoms with Crippen LogP contribution < -0.4 is 5.32 Å². The van der Waals surface area contributed by atoms with Crippen molar-refractivity contribution in [3.63, 3.8) is 0 Å². The summed E-state index contributed by atoms with van der Waals surface area (Å²) in [5, 5.41) is 38.9. The molecule has 0 bridgehead atoms. The Hall–Kier alpha value is -3.62.